The van der Waals surface area contributed by atoms with E-state index in [1.165, 1.54) is 6.20 Å². The van der Waals surface area contributed by atoms with Crippen LogP contribution in [0.25, 0.3) is 0 Å². The van der Waals surface area contributed by atoms with Gasteiger partial charge in [0.2, 0.25) is 0 Å². The summed E-state index contributed by atoms with van der Waals surface area (Å²) in [6.07, 6.45) is 5.37. The summed E-state index contributed by atoms with van der Waals surface area (Å²) in [4.78, 5) is 8.07. The fourth-order valence-corrected chi connectivity index (χ4v) is 2.72. The van der Waals surface area contributed by atoms with E-state index in [0.29, 0.717) is 5.69 Å². The minimum atomic E-state index is -0.595. The van der Waals surface area contributed by atoms with Crippen molar-refractivity contribution in [3.05, 3.63) is 40.0 Å². The second kappa shape index (κ2) is 3.82. The highest BCUT2D eigenvalue weighted by Crippen LogP contribution is 2.41. The molecule has 0 aromatic carbocycles. The zero-order valence-corrected chi connectivity index (χ0v) is 8.70. The molecular formula is C9H6ClN3S. The molecule has 0 radical (unpaired) electrons. The maximum atomic E-state index is 8.85. The Kier molecular flexibility index (Phi) is 2.53. The van der Waals surface area contributed by atoms with Crippen LogP contribution >= 0.6 is 22.5 Å². The van der Waals surface area contributed by atoms with Crippen molar-refractivity contribution in [3.63, 3.8) is 0 Å². The minimum Gasteiger partial charge on any atom is -0.245 e. The molecule has 0 N–H and O–H groups in total. The zero-order valence-electron chi connectivity index (χ0n) is 7.05. The Bertz CT molecular complexity index is 450. The Morgan fingerprint density at radius 1 is 1.36 bits per heavy atom. The molecule has 0 saturated carbocycles. The maximum Gasteiger partial charge on any atom is 0.173 e. The van der Waals surface area contributed by atoms with Gasteiger partial charge in [-0.05, 0) is 10.8 Å². The number of hydrogen-bond donors (Lipinski definition) is 1. The molecule has 1 aliphatic rings. The lowest BCUT2D eigenvalue weighted by Crippen LogP contribution is -1.93. The molecule has 0 fully saturated rings. The van der Waals surface area contributed by atoms with Gasteiger partial charge >= 0.3 is 0 Å². The monoisotopic (exact) mass is 223 g/mol. The normalized spacial score (nSPS) is 15.9. The first kappa shape index (κ1) is 9.25. The van der Waals surface area contributed by atoms with Gasteiger partial charge in [0.15, 0.2) is 5.69 Å². The summed E-state index contributed by atoms with van der Waals surface area (Å²) in [7, 11) is -0.595. The van der Waals surface area contributed by atoms with Crippen LogP contribution in [0.15, 0.2) is 34.2 Å². The number of thiol groups is 1. The topological polar surface area (TPSA) is 49.6 Å². The van der Waals surface area contributed by atoms with Crippen LogP contribution in [0, 0.1) is 11.3 Å². The van der Waals surface area contributed by atoms with E-state index in [-0.39, 0.29) is 5.15 Å². The summed E-state index contributed by atoms with van der Waals surface area (Å²) in [5, 5.41) is 13.9. The maximum absolute atomic E-state index is 8.85. The first-order valence-electron chi connectivity index (χ1n) is 3.87. The van der Waals surface area contributed by atoms with Gasteiger partial charge in [-0.2, -0.15) is 16.2 Å². The molecule has 70 valence electrons. The lowest BCUT2D eigenvalue weighted by atomic mass is 10.5. The molecule has 2 rings (SSSR count). The van der Waals surface area contributed by atoms with E-state index < -0.39 is 10.9 Å². The van der Waals surface area contributed by atoms with Gasteiger partial charge in [0.25, 0.3) is 0 Å². The summed E-state index contributed by atoms with van der Waals surface area (Å²) in [6.45, 7) is 0. The third kappa shape index (κ3) is 1.65. The molecule has 1 aromatic heterocycles. The minimum absolute atomic E-state index is 0.257. The summed E-state index contributed by atoms with van der Waals surface area (Å²) in [5.41, 5.74) is 0.319. The smallest absolute Gasteiger partial charge is 0.173 e. The Labute approximate surface area is 89.1 Å². The van der Waals surface area contributed by atoms with Crippen molar-refractivity contribution in [3.8, 4) is 6.07 Å². The lowest BCUT2D eigenvalue weighted by molar-refractivity contribution is 1.03. The van der Waals surface area contributed by atoms with Crippen molar-refractivity contribution >= 4 is 22.5 Å². The molecule has 1 aliphatic heterocycles. The van der Waals surface area contributed by atoms with Crippen LogP contribution in [0.3, 0.4) is 0 Å². The zero-order chi connectivity index (χ0) is 9.97. The molecule has 5 heteroatoms. The van der Waals surface area contributed by atoms with Crippen molar-refractivity contribution < 1.29 is 0 Å². The van der Waals surface area contributed by atoms with E-state index in [9.17, 15) is 0 Å². The number of halogens is 1. The molecule has 1 aromatic rings. The predicted molar refractivity (Wildman–Crippen MR) is 57.3 cm³/mol. The van der Waals surface area contributed by atoms with Crippen molar-refractivity contribution in [2.24, 2.45) is 0 Å². The number of hydrogen-bond acceptors (Lipinski definition) is 3. The average Bonchev–Trinajstić information content (AvgIpc) is 2.70. The van der Waals surface area contributed by atoms with Crippen LogP contribution in [0.5, 0.6) is 0 Å². The van der Waals surface area contributed by atoms with Gasteiger partial charge in [-0.15, -0.1) is 0 Å². The molecule has 0 atom stereocenters. The van der Waals surface area contributed by atoms with E-state index in [0.717, 1.165) is 5.03 Å². The Hall–Kier alpha value is -1.31. The van der Waals surface area contributed by atoms with Crippen molar-refractivity contribution in [2.75, 3.05) is 0 Å². The van der Waals surface area contributed by atoms with Crippen molar-refractivity contribution in [1.29, 1.82) is 5.26 Å². The van der Waals surface area contributed by atoms with Crippen LogP contribution in [-0.4, -0.2) is 9.97 Å². The van der Waals surface area contributed by atoms with Gasteiger partial charge < -0.3 is 0 Å². The van der Waals surface area contributed by atoms with Crippen LogP contribution in [0.4, 0.5) is 0 Å². The highest BCUT2D eigenvalue weighted by atomic mass is 35.5. The first-order chi connectivity index (χ1) is 6.81. The summed E-state index contributed by atoms with van der Waals surface area (Å²) in [6, 6.07) is 2.00. The summed E-state index contributed by atoms with van der Waals surface area (Å²) < 4.78 is 0. The number of nitrogens with zero attached hydrogens (tertiary/aromatic N) is 3. The molecule has 14 heavy (non-hydrogen) atoms. The summed E-state index contributed by atoms with van der Waals surface area (Å²) in [5.74, 6) is 0. The van der Waals surface area contributed by atoms with Crippen LogP contribution in [-0.2, 0) is 0 Å². The number of rotatable bonds is 1. The third-order valence-corrected chi connectivity index (χ3v) is 3.66. The fraction of sp³-hybridized carbons (Fsp3) is 0. The van der Waals surface area contributed by atoms with E-state index in [2.05, 4.69) is 9.97 Å². The molecule has 0 unspecified atom stereocenters. The SMILES string of the molecule is N#Cc1nc(Cl)cnc1[SH]1C=CC=C1. The van der Waals surface area contributed by atoms with Crippen LogP contribution in [0.2, 0.25) is 5.15 Å². The van der Waals surface area contributed by atoms with E-state index in [1.54, 1.807) is 0 Å². The number of aromatic nitrogens is 2. The second-order valence-electron chi connectivity index (χ2n) is 2.57. The van der Waals surface area contributed by atoms with Crippen molar-refractivity contribution in [2.45, 2.75) is 5.03 Å². The molecular weight excluding hydrogens is 218 g/mol. The molecule has 0 aliphatic carbocycles. The standard InChI is InChI=1S/C9H6ClN3S/c10-8-6-12-9(7(5-11)13-8)14-3-1-2-4-14/h1-4,6,14H. The Balaban J connectivity index is 2.48. The average molecular weight is 224 g/mol. The summed E-state index contributed by atoms with van der Waals surface area (Å²) >= 11 is 5.65. The molecule has 0 spiro atoms. The highest BCUT2D eigenvalue weighted by Gasteiger charge is 2.12. The van der Waals surface area contributed by atoms with Crippen molar-refractivity contribution in [1.82, 2.24) is 9.97 Å². The van der Waals surface area contributed by atoms with Gasteiger partial charge in [0, 0.05) is 0 Å². The molecule has 0 amide bonds. The van der Waals surface area contributed by atoms with Gasteiger partial charge in [-0.1, -0.05) is 23.8 Å². The van der Waals surface area contributed by atoms with Gasteiger partial charge in [-0.3, -0.25) is 0 Å². The molecule has 3 nitrogen and oxygen atoms in total. The largest absolute Gasteiger partial charge is 0.245 e. The number of nitriles is 1. The van der Waals surface area contributed by atoms with Gasteiger partial charge in [0.05, 0.1) is 6.20 Å². The highest BCUT2D eigenvalue weighted by molar-refractivity contribution is 8.22. The van der Waals surface area contributed by atoms with Gasteiger partial charge in [-0.25, -0.2) is 9.97 Å². The van der Waals surface area contributed by atoms with E-state index >= 15 is 0 Å². The third-order valence-electron chi connectivity index (χ3n) is 1.68. The molecule has 2 heterocycles. The second-order valence-corrected chi connectivity index (χ2v) is 4.79. The Morgan fingerprint density at radius 2 is 2.07 bits per heavy atom. The van der Waals surface area contributed by atoms with E-state index in [1.807, 2.05) is 29.0 Å². The van der Waals surface area contributed by atoms with Crippen LogP contribution in [0.1, 0.15) is 5.69 Å². The van der Waals surface area contributed by atoms with Crippen LogP contribution < -0.4 is 0 Å². The molecule has 0 bridgehead atoms. The predicted octanol–water partition coefficient (Wildman–Crippen LogP) is 2.40. The van der Waals surface area contributed by atoms with Gasteiger partial charge in [0.1, 0.15) is 16.2 Å². The Morgan fingerprint density at radius 3 is 2.71 bits per heavy atom. The fourth-order valence-electron chi connectivity index (χ4n) is 1.10. The first-order valence-corrected chi connectivity index (χ1v) is 5.73. The number of allylic oxidation sites excluding steroid dienone is 2. The lowest BCUT2D eigenvalue weighted by Gasteiger charge is -2.09. The quantitative estimate of drug-likeness (QED) is 0.744. The molecule has 0 saturated heterocycles. The van der Waals surface area contributed by atoms with E-state index in [4.69, 9.17) is 16.9 Å².